The van der Waals surface area contributed by atoms with Gasteiger partial charge >= 0.3 is 0 Å². The number of sulfonamides is 1. The fraction of sp³-hybridized carbons (Fsp3) is 0.222. The molecule has 0 saturated carbocycles. The van der Waals surface area contributed by atoms with Crippen LogP contribution in [0.1, 0.15) is 34.3 Å². The molecular weight excluding hydrogens is 478 g/mol. The Labute approximate surface area is 210 Å². The molecule has 9 heteroatoms. The maximum Gasteiger partial charge on any atom is 0.267 e. The number of carbonyl (C=O) groups excluding carboxylic acids is 2. The van der Waals surface area contributed by atoms with Crippen LogP contribution in [0, 0.1) is 13.8 Å². The van der Waals surface area contributed by atoms with E-state index in [1.54, 1.807) is 42.5 Å². The minimum absolute atomic E-state index is 0.0933. The topological polar surface area (TPSA) is 105 Å². The van der Waals surface area contributed by atoms with Gasteiger partial charge in [-0.05, 0) is 49.7 Å². The quantitative estimate of drug-likeness (QED) is 0.337. The molecule has 0 spiro atoms. The Balaban J connectivity index is 1.52. The van der Waals surface area contributed by atoms with Gasteiger partial charge in [0.1, 0.15) is 16.5 Å². The van der Waals surface area contributed by atoms with Gasteiger partial charge in [-0.15, -0.1) is 0 Å². The van der Waals surface area contributed by atoms with Crippen molar-refractivity contribution in [2.24, 2.45) is 4.99 Å². The zero-order valence-electron chi connectivity index (χ0n) is 20.1. The second kappa shape index (κ2) is 10.7. The van der Waals surface area contributed by atoms with E-state index in [9.17, 15) is 18.0 Å². The van der Waals surface area contributed by atoms with Crippen LogP contribution in [0.4, 0.5) is 11.4 Å². The second-order valence-corrected chi connectivity index (χ2v) is 10.3. The van der Waals surface area contributed by atoms with Crippen LogP contribution in [-0.4, -0.2) is 43.9 Å². The third-order valence-electron chi connectivity index (χ3n) is 5.74. The molecule has 4 rings (SSSR count). The van der Waals surface area contributed by atoms with Gasteiger partial charge in [0.15, 0.2) is 6.29 Å². The number of aryl methyl sites for hydroxylation is 2. The first-order valence-electron chi connectivity index (χ1n) is 11.5. The largest absolute Gasteiger partial charge is 0.493 e. The van der Waals surface area contributed by atoms with Gasteiger partial charge < -0.3 is 10.1 Å². The molecule has 0 bridgehead atoms. The second-order valence-electron chi connectivity index (χ2n) is 8.47. The van der Waals surface area contributed by atoms with Gasteiger partial charge in [-0.3, -0.25) is 13.9 Å². The van der Waals surface area contributed by atoms with Crippen molar-refractivity contribution in [2.45, 2.75) is 31.6 Å². The predicted octanol–water partition coefficient (Wildman–Crippen LogP) is 4.65. The number of amides is 1. The number of hydrogen-bond donors (Lipinski definition) is 1. The van der Waals surface area contributed by atoms with Gasteiger partial charge in [0.05, 0.1) is 24.4 Å². The van der Waals surface area contributed by atoms with Gasteiger partial charge in [0.25, 0.3) is 10.0 Å². The summed E-state index contributed by atoms with van der Waals surface area (Å²) in [5, 5.41) is 2.68. The number of aliphatic imine (C=N–C) groups is 1. The lowest BCUT2D eigenvalue weighted by Crippen LogP contribution is -2.41. The van der Waals surface area contributed by atoms with Crippen LogP contribution >= 0.6 is 0 Å². The number of nitrogens with zero attached hydrogens (tertiary/aromatic N) is 2. The van der Waals surface area contributed by atoms with Crippen molar-refractivity contribution < 1.29 is 22.7 Å². The van der Waals surface area contributed by atoms with E-state index in [2.05, 4.69) is 10.3 Å². The molecular formula is C27H27N3O5S. The minimum atomic E-state index is -3.91. The Kier molecular flexibility index (Phi) is 7.49. The average molecular weight is 506 g/mol. The van der Waals surface area contributed by atoms with Crippen molar-refractivity contribution in [3.05, 3.63) is 83.4 Å². The molecule has 1 amide bonds. The first kappa shape index (κ1) is 25.1. The molecule has 8 nitrogen and oxygen atoms in total. The highest BCUT2D eigenvalue weighted by Gasteiger charge is 2.34. The Morgan fingerprint density at radius 2 is 1.81 bits per heavy atom. The molecule has 36 heavy (non-hydrogen) atoms. The fourth-order valence-corrected chi connectivity index (χ4v) is 5.62. The van der Waals surface area contributed by atoms with E-state index >= 15 is 0 Å². The summed E-state index contributed by atoms with van der Waals surface area (Å²) < 4.78 is 33.9. The number of hydrogen-bond acceptors (Lipinski definition) is 6. The smallest absolute Gasteiger partial charge is 0.267 e. The molecule has 186 valence electrons. The third-order valence-corrected chi connectivity index (χ3v) is 7.62. The molecule has 3 aromatic carbocycles. The molecule has 1 aliphatic rings. The van der Waals surface area contributed by atoms with Gasteiger partial charge in [0, 0.05) is 18.5 Å². The van der Waals surface area contributed by atoms with Gasteiger partial charge in [0.2, 0.25) is 5.91 Å². The standard InChI is InChI=1S/C27H27N3O5S/c1-19-12-13-24(20(2)16-19)35-15-7-14-30-26(28-23-10-5-6-11-25(23)36(30,33)34)17-27(32)29-22-9-4-3-8-21(22)18-31/h3-6,8-13,16,18H,7,14-15,17H2,1-2H3,(H,29,32). The molecule has 0 unspecified atom stereocenters. The van der Waals surface area contributed by atoms with Crippen LogP contribution in [0.5, 0.6) is 5.75 Å². The SMILES string of the molecule is Cc1ccc(OCCCN2C(CC(=O)Nc3ccccc3C=O)=Nc3ccccc3S2(=O)=O)c(C)c1. The number of fused-ring (bicyclic) bond motifs is 1. The van der Waals surface area contributed by atoms with Crippen molar-refractivity contribution in [1.29, 1.82) is 0 Å². The molecule has 0 atom stereocenters. The van der Waals surface area contributed by atoms with Crippen LogP contribution in [0.2, 0.25) is 0 Å². The number of aldehydes is 1. The molecule has 0 fully saturated rings. The van der Waals surface area contributed by atoms with E-state index in [1.807, 2.05) is 32.0 Å². The van der Waals surface area contributed by atoms with Crippen LogP contribution in [0.25, 0.3) is 0 Å². The summed E-state index contributed by atoms with van der Waals surface area (Å²) in [5.41, 5.74) is 3.11. The van der Waals surface area contributed by atoms with Crippen molar-refractivity contribution >= 4 is 39.4 Å². The zero-order valence-corrected chi connectivity index (χ0v) is 20.9. The maximum absolute atomic E-state index is 13.4. The van der Waals surface area contributed by atoms with E-state index in [0.29, 0.717) is 30.6 Å². The summed E-state index contributed by atoms with van der Waals surface area (Å²) in [5.74, 6) is 0.380. The van der Waals surface area contributed by atoms with Gasteiger partial charge in [-0.2, -0.15) is 0 Å². The van der Waals surface area contributed by atoms with Crippen molar-refractivity contribution in [2.75, 3.05) is 18.5 Å². The first-order chi connectivity index (χ1) is 17.3. The highest BCUT2D eigenvalue weighted by atomic mass is 32.2. The third kappa shape index (κ3) is 5.46. The lowest BCUT2D eigenvalue weighted by atomic mass is 10.1. The van der Waals surface area contributed by atoms with Gasteiger partial charge in [-0.1, -0.05) is 42.0 Å². The molecule has 1 aliphatic heterocycles. The molecule has 1 heterocycles. The molecule has 1 N–H and O–H groups in total. The summed E-state index contributed by atoms with van der Waals surface area (Å²) in [4.78, 5) is 28.7. The monoisotopic (exact) mass is 505 g/mol. The highest BCUT2D eigenvalue weighted by molar-refractivity contribution is 7.90. The normalized spacial score (nSPS) is 13.9. The summed E-state index contributed by atoms with van der Waals surface area (Å²) >= 11 is 0. The Hall–Kier alpha value is -3.98. The molecule has 0 aromatic heterocycles. The van der Waals surface area contributed by atoms with Gasteiger partial charge in [-0.25, -0.2) is 13.4 Å². The Bertz CT molecular complexity index is 1430. The first-order valence-corrected chi connectivity index (χ1v) is 13.0. The fourth-order valence-electron chi connectivity index (χ4n) is 4.00. The number of carbonyl (C=O) groups is 2. The van der Waals surface area contributed by atoms with E-state index < -0.39 is 15.9 Å². The Morgan fingerprint density at radius 3 is 2.58 bits per heavy atom. The van der Waals surface area contributed by atoms with Crippen LogP contribution in [0.15, 0.2) is 76.6 Å². The summed E-state index contributed by atoms with van der Waals surface area (Å²) in [6.07, 6.45) is 0.762. The number of para-hydroxylation sites is 2. The number of benzene rings is 3. The number of ether oxygens (including phenoxy) is 1. The van der Waals surface area contributed by atoms with Crippen LogP contribution in [-0.2, 0) is 14.8 Å². The highest BCUT2D eigenvalue weighted by Crippen LogP contribution is 2.33. The number of amidine groups is 1. The van der Waals surface area contributed by atoms with E-state index in [1.165, 1.54) is 10.4 Å². The Morgan fingerprint density at radius 1 is 1.06 bits per heavy atom. The summed E-state index contributed by atoms with van der Waals surface area (Å²) in [6.45, 7) is 4.35. The van der Waals surface area contributed by atoms with E-state index in [0.717, 1.165) is 16.9 Å². The lowest BCUT2D eigenvalue weighted by Gasteiger charge is -2.29. The maximum atomic E-state index is 13.4. The molecule has 3 aromatic rings. The number of rotatable bonds is 9. The van der Waals surface area contributed by atoms with Crippen LogP contribution in [0.3, 0.4) is 0 Å². The van der Waals surface area contributed by atoms with E-state index in [4.69, 9.17) is 4.74 Å². The van der Waals surface area contributed by atoms with E-state index in [-0.39, 0.29) is 29.4 Å². The molecule has 0 radical (unpaired) electrons. The number of anilines is 1. The minimum Gasteiger partial charge on any atom is -0.493 e. The zero-order chi connectivity index (χ0) is 25.7. The predicted molar refractivity (Wildman–Crippen MR) is 139 cm³/mol. The summed E-state index contributed by atoms with van der Waals surface area (Å²) in [6, 6.07) is 18.9. The summed E-state index contributed by atoms with van der Waals surface area (Å²) in [7, 11) is -3.91. The lowest BCUT2D eigenvalue weighted by molar-refractivity contribution is -0.115. The number of nitrogens with one attached hydrogen (secondary N) is 1. The average Bonchev–Trinajstić information content (AvgIpc) is 2.84. The van der Waals surface area contributed by atoms with Crippen molar-refractivity contribution in [3.63, 3.8) is 0 Å². The molecule has 0 aliphatic carbocycles. The van der Waals surface area contributed by atoms with Crippen molar-refractivity contribution in [3.8, 4) is 5.75 Å². The van der Waals surface area contributed by atoms with Crippen LogP contribution < -0.4 is 10.1 Å². The molecule has 0 saturated heterocycles. The van der Waals surface area contributed by atoms with Crippen molar-refractivity contribution in [1.82, 2.24) is 4.31 Å².